The highest BCUT2D eigenvalue weighted by atomic mass is 16.4. The van der Waals surface area contributed by atoms with Gasteiger partial charge in [-0.15, -0.1) is 0 Å². The summed E-state index contributed by atoms with van der Waals surface area (Å²) in [4.78, 5) is 20.8. The third-order valence-corrected chi connectivity index (χ3v) is 2.76. The third-order valence-electron chi connectivity index (χ3n) is 2.76. The van der Waals surface area contributed by atoms with Gasteiger partial charge in [0.15, 0.2) is 0 Å². The molecule has 0 aliphatic heterocycles. The van der Waals surface area contributed by atoms with Crippen LogP contribution in [0.25, 0.3) is 0 Å². The van der Waals surface area contributed by atoms with Crippen molar-refractivity contribution < 1.29 is 30.0 Å². The Labute approximate surface area is 126 Å². The number of hydrogen-bond acceptors (Lipinski definition) is 4. The lowest BCUT2D eigenvalue weighted by molar-refractivity contribution is 0.0682. The van der Waals surface area contributed by atoms with Crippen molar-refractivity contribution in [2.75, 3.05) is 0 Å². The summed E-state index contributed by atoms with van der Waals surface area (Å²) < 4.78 is 0. The Kier molecular flexibility index (Phi) is 5.51. The lowest BCUT2D eigenvalue weighted by Crippen LogP contribution is -1.96. The molecule has 6 heteroatoms. The number of hydrogen-bond donors (Lipinski definition) is 4. The maximum atomic E-state index is 10.4. The maximum absolute atomic E-state index is 10.4. The predicted octanol–water partition coefficient (Wildman–Crippen LogP) is 2.80. The minimum atomic E-state index is -1.11. The number of rotatable bonds is 2. The van der Waals surface area contributed by atoms with Gasteiger partial charge in [0, 0.05) is 0 Å². The van der Waals surface area contributed by atoms with Crippen molar-refractivity contribution in [3.63, 3.8) is 0 Å². The number of carboxylic acids is 2. The first-order chi connectivity index (χ1) is 10.2. The van der Waals surface area contributed by atoms with Crippen LogP contribution in [0.3, 0.4) is 0 Å². The summed E-state index contributed by atoms with van der Waals surface area (Å²) in [6.45, 7) is 3.54. The van der Waals surface area contributed by atoms with E-state index in [0.29, 0.717) is 0 Å². The highest BCUT2D eigenvalue weighted by Gasteiger charge is 2.08. The molecule has 0 bridgehead atoms. The fourth-order valence-corrected chi connectivity index (χ4v) is 1.64. The third kappa shape index (κ3) is 4.52. The summed E-state index contributed by atoms with van der Waals surface area (Å²) in [5.41, 5.74) is 1.54. The van der Waals surface area contributed by atoms with E-state index >= 15 is 0 Å². The lowest BCUT2D eigenvalue weighted by Gasteiger charge is -1.98. The molecule has 0 aromatic heterocycles. The number of phenols is 2. The Balaban J connectivity index is 0.000000220. The van der Waals surface area contributed by atoms with Crippen LogP contribution in [0.2, 0.25) is 0 Å². The van der Waals surface area contributed by atoms with Gasteiger partial charge in [-0.3, -0.25) is 0 Å². The highest BCUT2D eigenvalue weighted by molar-refractivity contribution is 5.91. The fraction of sp³-hybridized carbons (Fsp3) is 0.125. The molecule has 2 aromatic carbocycles. The van der Waals surface area contributed by atoms with Crippen LogP contribution in [0.15, 0.2) is 36.4 Å². The molecule has 0 saturated carbocycles. The molecule has 0 radical (unpaired) electrons. The molecular weight excluding hydrogens is 288 g/mol. The van der Waals surface area contributed by atoms with Crippen LogP contribution in [0.5, 0.6) is 11.5 Å². The molecule has 0 amide bonds. The van der Waals surface area contributed by atoms with E-state index in [1.165, 1.54) is 24.3 Å². The molecule has 0 unspecified atom stereocenters. The average Bonchev–Trinajstić information content (AvgIpc) is 2.44. The van der Waals surface area contributed by atoms with E-state index < -0.39 is 11.9 Å². The van der Waals surface area contributed by atoms with Crippen LogP contribution < -0.4 is 0 Å². The Morgan fingerprint density at radius 3 is 1.27 bits per heavy atom. The molecule has 116 valence electrons. The molecule has 0 aliphatic carbocycles. The summed E-state index contributed by atoms with van der Waals surface area (Å²) in [6, 6.07) is 8.91. The number of carbonyl (C=O) groups is 2. The van der Waals surface area contributed by atoms with Crippen molar-refractivity contribution in [2.24, 2.45) is 0 Å². The fourth-order valence-electron chi connectivity index (χ4n) is 1.64. The molecule has 0 atom stereocenters. The number of carboxylic acid groups (broad SMARTS) is 2. The smallest absolute Gasteiger partial charge is 0.339 e. The van der Waals surface area contributed by atoms with E-state index in [-0.39, 0.29) is 22.6 Å². The van der Waals surface area contributed by atoms with Gasteiger partial charge in [-0.05, 0) is 38.1 Å². The van der Waals surface area contributed by atoms with E-state index in [2.05, 4.69) is 0 Å². The van der Waals surface area contributed by atoms with Gasteiger partial charge in [0.1, 0.15) is 22.6 Å². The van der Waals surface area contributed by atoms with Gasteiger partial charge in [0.05, 0.1) is 0 Å². The Morgan fingerprint density at radius 1 is 0.727 bits per heavy atom. The summed E-state index contributed by atoms with van der Waals surface area (Å²) >= 11 is 0. The van der Waals surface area contributed by atoms with Gasteiger partial charge >= 0.3 is 11.9 Å². The molecule has 22 heavy (non-hydrogen) atoms. The molecule has 4 N–H and O–H groups in total. The van der Waals surface area contributed by atoms with Gasteiger partial charge in [-0.2, -0.15) is 0 Å². The summed E-state index contributed by atoms with van der Waals surface area (Å²) in [5, 5.41) is 35.1. The molecule has 2 aromatic rings. The maximum Gasteiger partial charge on any atom is 0.339 e. The molecule has 2 rings (SSSR count). The summed E-state index contributed by atoms with van der Waals surface area (Å²) in [7, 11) is 0. The molecule has 0 fully saturated rings. The van der Waals surface area contributed by atoms with Crippen molar-refractivity contribution in [1.29, 1.82) is 0 Å². The number of aromatic hydroxyl groups is 2. The van der Waals surface area contributed by atoms with E-state index in [9.17, 15) is 9.59 Å². The monoisotopic (exact) mass is 304 g/mol. The Bertz CT molecular complexity index is 644. The molecule has 0 spiro atoms. The van der Waals surface area contributed by atoms with E-state index in [4.69, 9.17) is 20.4 Å². The SMILES string of the molecule is Cc1ccc(O)c(C(=O)O)c1.Cc1ccc(O)c(C(=O)O)c1. The van der Waals surface area contributed by atoms with Gasteiger partial charge in [0.25, 0.3) is 0 Å². The van der Waals surface area contributed by atoms with Gasteiger partial charge in [-0.25, -0.2) is 9.59 Å². The van der Waals surface area contributed by atoms with E-state index in [1.807, 2.05) is 0 Å². The van der Waals surface area contributed by atoms with Crippen LogP contribution in [0, 0.1) is 13.8 Å². The minimum absolute atomic E-state index is 0.0509. The number of aryl methyl sites for hydroxylation is 2. The van der Waals surface area contributed by atoms with E-state index in [0.717, 1.165) is 11.1 Å². The highest BCUT2D eigenvalue weighted by Crippen LogP contribution is 2.18. The van der Waals surface area contributed by atoms with Crippen LogP contribution in [0.4, 0.5) is 0 Å². The Morgan fingerprint density at radius 2 is 1.05 bits per heavy atom. The van der Waals surface area contributed by atoms with Crippen LogP contribution in [-0.2, 0) is 0 Å². The molecular formula is C16H16O6. The first-order valence-corrected chi connectivity index (χ1v) is 6.28. The predicted molar refractivity (Wildman–Crippen MR) is 79.6 cm³/mol. The molecule has 0 saturated heterocycles. The van der Waals surface area contributed by atoms with Gasteiger partial charge in [0.2, 0.25) is 0 Å². The van der Waals surface area contributed by atoms with Crippen molar-refractivity contribution >= 4 is 11.9 Å². The zero-order valence-corrected chi connectivity index (χ0v) is 12.1. The van der Waals surface area contributed by atoms with Crippen LogP contribution in [-0.4, -0.2) is 32.4 Å². The summed E-state index contributed by atoms with van der Waals surface area (Å²) in [5.74, 6) is -2.59. The van der Waals surface area contributed by atoms with Crippen molar-refractivity contribution in [3.05, 3.63) is 58.7 Å². The zero-order valence-electron chi connectivity index (χ0n) is 12.1. The van der Waals surface area contributed by atoms with Crippen LogP contribution >= 0.6 is 0 Å². The van der Waals surface area contributed by atoms with Crippen molar-refractivity contribution in [3.8, 4) is 11.5 Å². The second-order valence-corrected chi connectivity index (χ2v) is 4.65. The molecule has 0 heterocycles. The molecule has 6 nitrogen and oxygen atoms in total. The normalized spacial score (nSPS) is 9.55. The average molecular weight is 304 g/mol. The molecule has 0 aliphatic rings. The summed E-state index contributed by atoms with van der Waals surface area (Å²) in [6.07, 6.45) is 0. The first kappa shape index (κ1) is 17.0. The minimum Gasteiger partial charge on any atom is -0.507 e. The zero-order chi connectivity index (χ0) is 16.9. The number of aromatic carboxylic acids is 2. The quantitative estimate of drug-likeness (QED) is 0.678. The largest absolute Gasteiger partial charge is 0.507 e. The van der Waals surface area contributed by atoms with Gasteiger partial charge in [-0.1, -0.05) is 23.3 Å². The lowest BCUT2D eigenvalue weighted by atomic mass is 10.1. The van der Waals surface area contributed by atoms with E-state index in [1.54, 1.807) is 26.0 Å². The standard InChI is InChI=1S/2C8H8O3/c2*1-5-2-3-7(9)6(4-5)8(10)11/h2*2-4,9H,1H3,(H,10,11). The topological polar surface area (TPSA) is 115 Å². The second-order valence-electron chi connectivity index (χ2n) is 4.65. The van der Waals surface area contributed by atoms with Crippen molar-refractivity contribution in [2.45, 2.75) is 13.8 Å². The first-order valence-electron chi connectivity index (χ1n) is 6.28. The Hall–Kier alpha value is -3.02. The van der Waals surface area contributed by atoms with Gasteiger partial charge < -0.3 is 20.4 Å². The van der Waals surface area contributed by atoms with Crippen LogP contribution in [0.1, 0.15) is 31.8 Å². The second kappa shape index (κ2) is 7.12. The van der Waals surface area contributed by atoms with Crippen molar-refractivity contribution in [1.82, 2.24) is 0 Å². The number of benzene rings is 2.